The number of halogens is 2. The van der Waals surface area contributed by atoms with Crippen molar-refractivity contribution in [3.8, 4) is 0 Å². The second-order valence-corrected chi connectivity index (χ2v) is 4.78. The van der Waals surface area contributed by atoms with Crippen molar-refractivity contribution in [2.45, 2.75) is 11.2 Å². The molecule has 0 fully saturated rings. The first-order valence-electron chi connectivity index (χ1n) is 5.20. The largest absolute Gasteiger partial charge is 0.207 e. The fourth-order valence-electron chi connectivity index (χ4n) is 1.64. The van der Waals surface area contributed by atoms with E-state index in [1.807, 2.05) is 42.5 Å². The zero-order chi connectivity index (χ0) is 11.4. The van der Waals surface area contributed by atoms with Gasteiger partial charge in [-0.3, -0.25) is 0 Å². The maximum Gasteiger partial charge on any atom is 0.126 e. The molecule has 1 atom stereocenters. The van der Waals surface area contributed by atoms with Crippen molar-refractivity contribution < 1.29 is 4.39 Å². The first kappa shape index (κ1) is 11.3. The molecule has 0 N–H and O–H groups in total. The van der Waals surface area contributed by atoms with Gasteiger partial charge >= 0.3 is 0 Å². The van der Waals surface area contributed by atoms with E-state index in [9.17, 15) is 4.39 Å². The number of rotatable bonds is 3. The van der Waals surface area contributed by atoms with Crippen molar-refractivity contribution in [3.63, 3.8) is 0 Å². The van der Waals surface area contributed by atoms with Crippen LogP contribution in [0, 0.1) is 5.82 Å². The predicted molar refractivity (Wildman–Crippen MR) is 68.2 cm³/mol. The summed E-state index contributed by atoms with van der Waals surface area (Å²) in [5.74, 6) is -0.136. The molecule has 0 saturated carbocycles. The van der Waals surface area contributed by atoms with Gasteiger partial charge in [-0.2, -0.15) is 0 Å². The molecular formula is C14H12BrF. The van der Waals surface area contributed by atoms with E-state index in [4.69, 9.17) is 0 Å². The third-order valence-corrected chi connectivity index (χ3v) is 3.37. The Morgan fingerprint density at radius 2 is 1.56 bits per heavy atom. The summed E-state index contributed by atoms with van der Waals surface area (Å²) in [4.78, 5) is 0.158. The lowest BCUT2D eigenvalue weighted by Gasteiger charge is -2.10. The summed E-state index contributed by atoms with van der Waals surface area (Å²) in [7, 11) is 0. The molecule has 0 aliphatic rings. The molecule has 0 aliphatic carbocycles. The highest BCUT2D eigenvalue weighted by molar-refractivity contribution is 9.09. The maximum atomic E-state index is 13.4. The van der Waals surface area contributed by atoms with E-state index in [1.54, 1.807) is 6.07 Å². The van der Waals surface area contributed by atoms with Gasteiger partial charge in [0.25, 0.3) is 0 Å². The molecule has 0 bridgehead atoms. The van der Waals surface area contributed by atoms with Crippen molar-refractivity contribution in [2.24, 2.45) is 0 Å². The van der Waals surface area contributed by atoms with Crippen LogP contribution in [0.15, 0.2) is 54.6 Å². The minimum Gasteiger partial charge on any atom is -0.207 e. The number of benzene rings is 2. The standard InChI is InChI=1S/C14H12BrF/c15-13(11-6-2-1-3-7-11)10-12-8-4-5-9-14(12)16/h1-9,13H,10H2. The molecule has 2 rings (SSSR count). The molecule has 0 aromatic heterocycles. The van der Waals surface area contributed by atoms with E-state index < -0.39 is 0 Å². The fourth-order valence-corrected chi connectivity index (χ4v) is 2.29. The Labute approximate surface area is 103 Å². The highest BCUT2D eigenvalue weighted by Crippen LogP contribution is 2.27. The highest BCUT2D eigenvalue weighted by atomic mass is 79.9. The van der Waals surface area contributed by atoms with Gasteiger partial charge in [0.05, 0.1) is 0 Å². The lowest BCUT2D eigenvalue weighted by atomic mass is 10.0. The Bertz CT molecular complexity index is 453. The van der Waals surface area contributed by atoms with E-state index in [0.29, 0.717) is 6.42 Å². The Morgan fingerprint density at radius 1 is 0.938 bits per heavy atom. The minimum absolute atomic E-state index is 0.136. The zero-order valence-electron chi connectivity index (χ0n) is 8.74. The Balaban J connectivity index is 2.14. The van der Waals surface area contributed by atoms with Crippen LogP contribution >= 0.6 is 15.9 Å². The number of hydrogen-bond acceptors (Lipinski definition) is 0. The van der Waals surface area contributed by atoms with Gasteiger partial charge in [-0.15, -0.1) is 0 Å². The summed E-state index contributed by atoms with van der Waals surface area (Å²) in [5, 5.41) is 0. The Morgan fingerprint density at radius 3 is 2.25 bits per heavy atom. The molecule has 82 valence electrons. The predicted octanol–water partition coefficient (Wildman–Crippen LogP) is 4.50. The summed E-state index contributed by atoms with van der Waals surface area (Å²) in [6.07, 6.45) is 0.663. The number of hydrogen-bond donors (Lipinski definition) is 0. The van der Waals surface area contributed by atoms with Gasteiger partial charge in [0.2, 0.25) is 0 Å². The lowest BCUT2D eigenvalue weighted by Crippen LogP contribution is -1.97. The third-order valence-electron chi connectivity index (χ3n) is 2.52. The number of alkyl halides is 1. The lowest BCUT2D eigenvalue weighted by molar-refractivity contribution is 0.608. The summed E-state index contributed by atoms with van der Waals surface area (Å²) in [6, 6.07) is 16.9. The van der Waals surface area contributed by atoms with E-state index in [2.05, 4.69) is 15.9 Å². The first-order chi connectivity index (χ1) is 7.77. The van der Waals surface area contributed by atoms with E-state index in [-0.39, 0.29) is 10.6 Å². The normalized spacial score (nSPS) is 12.4. The van der Waals surface area contributed by atoms with E-state index >= 15 is 0 Å². The minimum atomic E-state index is -0.136. The first-order valence-corrected chi connectivity index (χ1v) is 6.11. The van der Waals surface area contributed by atoms with Crippen molar-refractivity contribution >= 4 is 15.9 Å². The third kappa shape index (κ3) is 2.70. The van der Waals surface area contributed by atoms with Crippen molar-refractivity contribution in [3.05, 3.63) is 71.5 Å². The second-order valence-electron chi connectivity index (χ2n) is 3.67. The quantitative estimate of drug-likeness (QED) is 0.725. The van der Waals surface area contributed by atoms with Gasteiger partial charge < -0.3 is 0 Å². The molecule has 2 aromatic rings. The highest BCUT2D eigenvalue weighted by Gasteiger charge is 2.10. The molecule has 0 radical (unpaired) electrons. The molecule has 0 nitrogen and oxygen atoms in total. The molecule has 0 amide bonds. The zero-order valence-corrected chi connectivity index (χ0v) is 10.3. The Kier molecular flexibility index (Phi) is 3.73. The molecular weight excluding hydrogens is 267 g/mol. The Hall–Kier alpha value is -1.15. The molecule has 0 saturated heterocycles. The van der Waals surface area contributed by atoms with Gasteiger partial charge in [-0.1, -0.05) is 64.5 Å². The van der Waals surface area contributed by atoms with Crippen LogP contribution in [0.4, 0.5) is 4.39 Å². The smallest absolute Gasteiger partial charge is 0.126 e. The molecule has 2 aromatic carbocycles. The van der Waals surface area contributed by atoms with E-state index in [1.165, 1.54) is 11.6 Å². The molecule has 0 heterocycles. The molecule has 16 heavy (non-hydrogen) atoms. The van der Waals surface area contributed by atoms with Crippen LogP contribution in [-0.4, -0.2) is 0 Å². The molecule has 0 aliphatic heterocycles. The van der Waals surface area contributed by atoms with Crippen LogP contribution in [0.3, 0.4) is 0 Å². The van der Waals surface area contributed by atoms with Gasteiger partial charge in [0.1, 0.15) is 5.82 Å². The second kappa shape index (κ2) is 5.26. The van der Waals surface area contributed by atoms with Gasteiger partial charge in [0, 0.05) is 4.83 Å². The van der Waals surface area contributed by atoms with Gasteiger partial charge in [0.15, 0.2) is 0 Å². The van der Waals surface area contributed by atoms with Crippen molar-refractivity contribution in [1.82, 2.24) is 0 Å². The molecule has 1 unspecified atom stereocenters. The van der Waals surface area contributed by atoms with Crippen LogP contribution in [-0.2, 0) is 6.42 Å². The van der Waals surface area contributed by atoms with Crippen LogP contribution in [0.2, 0.25) is 0 Å². The monoisotopic (exact) mass is 278 g/mol. The maximum absolute atomic E-state index is 13.4. The molecule has 2 heteroatoms. The average molecular weight is 279 g/mol. The summed E-state index contributed by atoms with van der Waals surface area (Å²) < 4.78 is 13.4. The van der Waals surface area contributed by atoms with Gasteiger partial charge in [-0.25, -0.2) is 4.39 Å². The van der Waals surface area contributed by atoms with Crippen LogP contribution in [0.25, 0.3) is 0 Å². The van der Waals surface area contributed by atoms with Crippen LogP contribution in [0.5, 0.6) is 0 Å². The van der Waals surface area contributed by atoms with Crippen LogP contribution in [0.1, 0.15) is 16.0 Å². The summed E-state index contributed by atoms with van der Waals surface area (Å²) in [6.45, 7) is 0. The average Bonchev–Trinajstić information content (AvgIpc) is 2.33. The molecule has 0 spiro atoms. The SMILES string of the molecule is Fc1ccccc1CC(Br)c1ccccc1. The van der Waals surface area contributed by atoms with Crippen LogP contribution < -0.4 is 0 Å². The van der Waals surface area contributed by atoms with Gasteiger partial charge in [-0.05, 0) is 23.6 Å². The topological polar surface area (TPSA) is 0 Å². The van der Waals surface area contributed by atoms with Crippen molar-refractivity contribution in [2.75, 3.05) is 0 Å². The van der Waals surface area contributed by atoms with Crippen molar-refractivity contribution in [1.29, 1.82) is 0 Å². The summed E-state index contributed by atoms with van der Waals surface area (Å²) in [5.41, 5.74) is 1.92. The fraction of sp³-hybridized carbons (Fsp3) is 0.143. The summed E-state index contributed by atoms with van der Waals surface area (Å²) >= 11 is 3.59. The van der Waals surface area contributed by atoms with E-state index in [0.717, 1.165) is 5.56 Å².